The molecule has 0 bridgehead atoms. The number of piperazine rings is 1. The average molecular weight is 353 g/mol. The summed E-state index contributed by atoms with van der Waals surface area (Å²) in [6.45, 7) is 10.1. The number of carbonyl (C=O) groups excluding carboxylic acids is 1. The van der Waals surface area contributed by atoms with Crippen LogP contribution in [0.25, 0.3) is 0 Å². The Labute approximate surface area is 144 Å². The highest BCUT2D eigenvalue weighted by Gasteiger charge is 2.21. The number of amides is 1. The van der Waals surface area contributed by atoms with E-state index in [2.05, 4.69) is 16.5 Å². The first-order valence-electron chi connectivity index (χ1n) is 8.40. The molecule has 0 atom stereocenters. The van der Waals surface area contributed by atoms with Gasteiger partial charge in [-0.3, -0.25) is 4.79 Å². The van der Waals surface area contributed by atoms with Gasteiger partial charge in [-0.15, -0.1) is 0 Å². The molecule has 1 aromatic rings. The van der Waals surface area contributed by atoms with E-state index >= 15 is 0 Å². The Bertz CT molecular complexity index is 680. The van der Waals surface area contributed by atoms with Crippen LogP contribution < -0.4 is 4.72 Å². The topological polar surface area (TPSA) is 69.7 Å². The van der Waals surface area contributed by atoms with Crippen molar-refractivity contribution in [3.05, 3.63) is 29.3 Å². The third-order valence-electron chi connectivity index (χ3n) is 4.44. The van der Waals surface area contributed by atoms with Gasteiger partial charge in [-0.25, -0.2) is 13.1 Å². The van der Waals surface area contributed by atoms with Crippen molar-refractivity contribution in [2.75, 3.05) is 39.3 Å². The summed E-state index contributed by atoms with van der Waals surface area (Å²) < 4.78 is 27.4. The van der Waals surface area contributed by atoms with Crippen LogP contribution in [0.4, 0.5) is 0 Å². The Hall–Kier alpha value is -1.44. The lowest BCUT2D eigenvalue weighted by Gasteiger charge is -2.34. The number of hydrogen-bond acceptors (Lipinski definition) is 4. The first-order valence-corrected chi connectivity index (χ1v) is 9.89. The number of nitrogens with zero attached hydrogens (tertiary/aromatic N) is 2. The lowest BCUT2D eigenvalue weighted by molar-refractivity contribution is -0.132. The third kappa shape index (κ3) is 4.78. The summed E-state index contributed by atoms with van der Waals surface area (Å²) in [6.07, 6.45) is 0.191. The molecule has 2 rings (SSSR count). The molecule has 134 valence electrons. The molecule has 0 aliphatic carbocycles. The van der Waals surface area contributed by atoms with Crippen molar-refractivity contribution in [3.8, 4) is 0 Å². The Balaban J connectivity index is 1.87. The van der Waals surface area contributed by atoms with Gasteiger partial charge in [0, 0.05) is 39.1 Å². The molecule has 24 heavy (non-hydrogen) atoms. The number of sulfonamides is 1. The first-order chi connectivity index (χ1) is 11.3. The van der Waals surface area contributed by atoms with Crippen molar-refractivity contribution in [2.45, 2.75) is 32.1 Å². The molecule has 0 saturated carbocycles. The molecule has 6 nitrogen and oxygen atoms in total. The summed E-state index contributed by atoms with van der Waals surface area (Å²) in [5, 5.41) is 0. The van der Waals surface area contributed by atoms with Crippen molar-refractivity contribution in [1.29, 1.82) is 0 Å². The fraction of sp³-hybridized carbons (Fsp3) is 0.588. The van der Waals surface area contributed by atoms with Crippen LogP contribution in [0, 0.1) is 13.8 Å². The maximum absolute atomic E-state index is 12.4. The second-order valence-electron chi connectivity index (χ2n) is 6.23. The maximum atomic E-state index is 12.4. The average Bonchev–Trinajstić information content (AvgIpc) is 2.56. The van der Waals surface area contributed by atoms with Crippen LogP contribution in [0.1, 0.15) is 24.5 Å². The number of rotatable bonds is 6. The highest BCUT2D eigenvalue weighted by Crippen LogP contribution is 2.16. The molecule has 0 unspecified atom stereocenters. The molecular formula is C17H27N3O3S. The zero-order valence-corrected chi connectivity index (χ0v) is 15.5. The van der Waals surface area contributed by atoms with E-state index in [-0.39, 0.29) is 23.8 Å². The van der Waals surface area contributed by atoms with Gasteiger partial charge in [0.2, 0.25) is 15.9 Å². The lowest BCUT2D eigenvalue weighted by Crippen LogP contribution is -2.49. The first kappa shape index (κ1) is 18.9. The standard InChI is InChI=1S/C17H27N3O3S/c1-4-19-9-11-20(12-10-19)17(21)7-8-18-24(22,23)16-13-14(2)5-6-15(16)3/h5-6,13,18H,4,7-12H2,1-3H3. The summed E-state index contributed by atoms with van der Waals surface area (Å²) in [7, 11) is -3.58. The van der Waals surface area contributed by atoms with E-state index < -0.39 is 10.0 Å². The molecule has 1 heterocycles. The zero-order valence-electron chi connectivity index (χ0n) is 14.7. The molecule has 0 spiro atoms. The smallest absolute Gasteiger partial charge is 0.240 e. The van der Waals surface area contributed by atoms with Gasteiger partial charge in [-0.2, -0.15) is 0 Å². The van der Waals surface area contributed by atoms with Crippen molar-refractivity contribution >= 4 is 15.9 Å². The summed E-state index contributed by atoms with van der Waals surface area (Å²) in [5.74, 6) is 0.00872. The van der Waals surface area contributed by atoms with Crippen molar-refractivity contribution in [1.82, 2.24) is 14.5 Å². The van der Waals surface area contributed by atoms with Gasteiger partial charge < -0.3 is 9.80 Å². The van der Waals surface area contributed by atoms with E-state index in [9.17, 15) is 13.2 Å². The number of nitrogens with one attached hydrogen (secondary N) is 1. The number of likely N-dealkylation sites (N-methyl/N-ethyl adjacent to an activating group) is 1. The van der Waals surface area contributed by atoms with Crippen molar-refractivity contribution < 1.29 is 13.2 Å². The normalized spacial score (nSPS) is 16.4. The molecule has 1 aromatic carbocycles. The van der Waals surface area contributed by atoms with Gasteiger partial charge in [0.1, 0.15) is 0 Å². The fourth-order valence-electron chi connectivity index (χ4n) is 2.84. The Morgan fingerprint density at radius 3 is 2.46 bits per heavy atom. The number of hydrogen-bond donors (Lipinski definition) is 1. The Morgan fingerprint density at radius 1 is 1.17 bits per heavy atom. The minimum absolute atomic E-state index is 0.00872. The fourth-order valence-corrected chi connectivity index (χ4v) is 4.20. The molecule has 0 radical (unpaired) electrons. The second-order valence-corrected chi connectivity index (χ2v) is 7.97. The molecule has 1 N–H and O–H groups in total. The van der Waals surface area contributed by atoms with E-state index in [1.807, 2.05) is 17.9 Å². The number of aryl methyl sites for hydroxylation is 2. The highest BCUT2D eigenvalue weighted by molar-refractivity contribution is 7.89. The SMILES string of the molecule is CCN1CCN(C(=O)CCNS(=O)(=O)c2cc(C)ccc2C)CC1. The van der Waals surface area contributed by atoms with Crippen LogP contribution in [0.15, 0.2) is 23.1 Å². The van der Waals surface area contributed by atoms with Gasteiger partial charge in [0.15, 0.2) is 0 Å². The van der Waals surface area contributed by atoms with Crippen LogP contribution in [-0.2, 0) is 14.8 Å². The van der Waals surface area contributed by atoms with Crippen molar-refractivity contribution in [3.63, 3.8) is 0 Å². The third-order valence-corrected chi connectivity index (χ3v) is 6.04. The lowest BCUT2D eigenvalue weighted by atomic mass is 10.2. The maximum Gasteiger partial charge on any atom is 0.240 e. The quantitative estimate of drug-likeness (QED) is 0.832. The molecule has 1 amide bonds. The Morgan fingerprint density at radius 2 is 1.83 bits per heavy atom. The van der Waals surface area contributed by atoms with E-state index in [4.69, 9.17) is 0 Å². The summed E-state index contributed by atoms with van der Waals surface area (Å²) in [6, 6.07) is 5.33. The van der Waals surface area contributed by atoms with Crippen LogP contribution in [-0.4, -0.2) is 63.4 Å². The van der Waals surface area contributed by atoms with Crippen LogP contribution in [0.3, 0.4) is 0 Å². The van der Waals surface area contributed by atoms with Crippen LogP contribution >= 0.6 is 0 Å². The minimum atomic E-state index is -3.58. The van der Waals surface area contributed by atoms with Gasteiger partial charge >= 0.3 is 0 Å². The van der Waals surface area contributed by atoms with Crippen LogP contribution in [0.2, 0.25) is 0 Å². The van der Waals surface area contributed by atoms with E-state index in [0.29, 0.717) is 5.56 Å². The molecule has 1 aliphatic heterocycles. The van der Waals surface area contributed by atoms with Gasteiger partial charge in [0.25, 0.3) is 0 Å². The highest BCUT2D eigenvalue weighted by atomic mass is 32.2. The number of benzene rings is 1. The zero-order chi connectivity index (χ0) is 17.7. The second kappa shape index (κ2) is 8.09. The van der Waals surface area contributed by atoms with E-state index in [0.717, 1.165) is 38.3 Å². The van der Waals surface area contributed by atoms with E-state index in [1.165, 1.54) is 0 Å². The molecular weight excluding hydrogens is 326 g/mol. The van der Waals surface area contributed by atoms with Gasteiger partial charge in [0.05, 0.1) is 4.90 Å². The molecule has 1 fully saturated rings. The number of carbonyl (C=O) groups is 1. The largest absolute Gasteiger partial charge is 0.340 e. The van der Waals surface area contributed by atoms with Gasteiger partial charge in [-0.1, -0.05) is 19.1 Å². The van der Waals surface area contributed by atoms with Crippen LogP contribution in [0.5, 0.6) is 0 Å². The molecule has 0 aromatic heterocycles. The summed E-state index contributed by atoms with van der Waals surface area (Å²) >= 11 is 0. The summed E-state index contributed by atoms with van der Waals surface area (Å²) in [4.78, 5) is 16.6. The molecule has 1 saturated heterocycles. The van der Waals surface area contributed by atoms with Gasteiger partial charge in [-0.05, 0) is 37.6 Å². The van der Waals surface area contributed by atoms with Crippen molar-refractivity contribution in [2.24, 2.45) is 0 Å². The Kier molecular flexibility index (Phi) is 6.37. The predicted molar refractivity (Wildman–Crippen MR) is 94.4 cm³/mol. The minimum Gasteiger partial charge on any atom is -0.340 e. The summed E-state index contributed by atoms with van der Waals surface area (Å²) in [5.41, 5.74) is 1.60. The predicted octanol–water partition coefficient (Wildman–Crippen LogP) is 1.14. The monoisotopic (exact) mass is 353 g/mol. The van der Waals surface area contributed by atoms with E-state index in [1.54, 1.807) is 19.1 Å². The molecule has 1 aliphatic rings. The molecule has 7 heteroatoms.